The topological polar surface area (TPSA) is 96.1 Å². The van der Waals surface area contributed by atoms with Gasteiger partial charge in [-0.1, -0.05) is 36.4 Å². The van der Waals surface area contributed by atoms with Gasteiger partial charge in [-0.2, -0.15) is 0 Å². The van der Waals surface area contributed by atoms with Crippen LogP contribution in [0.25, 0.3) is 23.0 Å². The van der Waals surface area contributed by atoms with E-state index in [-0.39, 0.29) is 12.3 Å². The van der Waals surface area contributed by atoms with Crippen molar-refractivity contribution in [3.8, 4) is 17.0 Å². The van der Waals surface area contributed by atoms with Gasteiger partial charge < -0.3 is 14.5 Å². The second-order valence-corrected chi connectivity index (χ2v) is 9.34. The fraction of sp³-hybridized carbons (Fsp3) is 0.0833. The van der Waals surface area contributed by atoms with Crippen molar-refractivity contribution in [2.24, 2.45) is 0 Å². The number of fused-ring (bicyclic) bond motifs is 2. The number of aromatic nitrogens is 2. The van der Waals surface area contributed by atoms with Crippen LogP contribution in [0.5, 0.6) is 5.75 Å². The number of anilines is 1. The molecule has 0 atom stereocenters. The Balaban J connectivity index is 1.48. The molecular formula is C24H21N3O4S. The van der Waals surface area contributed by atoms with Gasteiger partial charge in [0.2, 0.25) is 5.91 Å². The molecule has 32 heavy (non-hydrogen) atoms. The molecule has 0 unspecified atom stereocenters. The first-order chi connectivity index (χ1) is 15.4. The molecule has 1 amide bonds. The normalized spacial score (nSPS) is 14.8. The van der Waals surface area contributed by atoms with Gasteiger partial charge in [0, 0.05) is 28.9 Å². The van der Waals surface area contributed by atoms with E-state index >= 15 is 0 Å². The molecule has 3 N–H and O–H groups in total. The number of pyridine rings is 1. The standard InChI is InChI=1S/C24H21N3O4S/c1-31-19-9-11-27-20(24(26-22(27)14-19)17-5-3-2-4-6-17)15-23(28)25-18-8-7-16-10-12-32(29,30)21(16)13-18/h2-14,29-30H,15H2,1H3,(H,25,28). The number of imidazole rings is 1. The average Bonchev–Trinajstić information content (AvgIpc) is 3.30. The monoisotopic (exact) mass is 447 g/mol. The number of hydrogen-bond donors (Lipinski definition) is 3. The van der Waals surface area contributed by atoms with E-state index in [9.17, 15) is 13.9 Å². The summed E-state index contributed by atoms with van der Waals surface area (Å²) in [6.45, 7) is 0. The molecule has 5 rings (SSSR count). The van der Waals surface area contributed by atoms with E-state index in [2.05, 4.69) is 5.32 Å². The number of methoxy groups -OCH3 is 1. The van der Waals surface area contributed by atoms with Crippen LogP contribution in [0.4, 0.5) is 5.69 Å². The summed E-state index contributed by atoms with van der Waals surface area (Å²) in [6, 6.07) is 18.5. The van der Waals surface area contributed by atoms with Gasteiger partial charge in [-0.15, -0.1) is 10.6 Å². The van der Waals surface area contributed by atoms with Crippen LogP contribution in [0, 0.1) is 0 Å². The van der Waals surface area contributed by atoms with Gasteiger partial charge in [0.25, 0.3) is 0 Å². The van der Waals surface area contributed by atoms with Crippen molar-refractivity contribution in [1.29, 1.82) is 0 Å². The fourth-order valence-corrected chi connectivity index (χ4v) is 5.07. The lowest BCUT2D eigenvalue weighted by Crippen LogP contribution is -2.16. The van der Waals surface area contributed by atoms with E-state index in [0.717, 1.165) is 22.5 Å². The van der Waals surface area contributed by atoms with E-state index in [1.165, 1.54) is 5.41 Å². The third-order valence-electron chi connectivity index (χ3n) is 5.37. The summed E-state index contributed by atoms with van der Waals surface area (Å²) in [5.74, 6) is 0.450. The van der Waals surface area contributed by atoms with Crippen molar-refractivity contribution >= 4 is 33.9 Å². The molecule has 0 radical (unpaired) electrons. The molecule has 4 aromatic rings. The fourth-order valence-electron chi connectivity index (χ4n) is 3.81. The first-order valence-corrected chi connectivity index (χ1v) is 11.6. The molecule has 8 heteroatoms. The van der Waals surface area contributed by atoms with Gasteiger partial charge in [0.15, 0.2) is 0 Å². The van der Waals surface area contributed by atoms with E-state index < -0.39 is 10.6 Å². The lowest BCUT2D eigenvalue weighted by molar-refractivity contribution is -0.115. The minimum absolute atomic E-state index is 0.0866. The third kappa shape index (κ3) is 3.64. The van der Waals surface area contributed by atoms with Crippen molar-refractivity contribution in [1.82, 2.24) is 9.38 Å². The molecule has 2 aromatic carbocycles. The molecule has 0 spiro atoms. The molecule has 1 aliphatic heterocycles. The molecule has 0 fully saturated rings. The highest BCUT2D eigenvalue weighted by atomic mass is 32.3. The van der Waals surface area contributed by atoms with E-state index in [0.29, 0.717) is 22.0 Å². The molecule has 3 heterocycles. The Bertz CT molecular complexity index is 1360. The second-order valence-electron chi connectivity index (χ2n) is 7.44. The highest BCUT2D eigenvalue weighted by Gasteiger charge is 2.23. The summed E-state index contributed by atoms with van der Waals surface area (Å²) in [4.78, 5) is 18.1. The number of ether oxygens (including phenoxy) is 1. The van der Waals surface area contributed by atoms with Crippen molar-refractivity contribution in [3.05, 3.63) is 83.5 Å². The maximum absolute atomic E-state index is 13.0. The first-order valence-electron chi connectivity index (χ1n) is 9.95. The second kappa shape index (κ2) is 7.83. The van der Waals surface area contributed by atoms with E-state index in [1.54, 1.807) is 31.4 Å². The lowest BCUT2D eigenvalue weighted by Gasteiger charge is -2.25. The number of carbonyl (C=O) groups is 1. The van der Waals surface area contributed by atoms with Crippen molar-refractivity contribution < 1.29 is 18.6 Å². The third-order valence-corrected chi connectivity index (χ3v) is 6.88. The molecule has 0 saturated heterocycles. The number of carbonyl (C=O) groups excluding carboxylic acids is 1. The molecule has 7 nitrogen and oxygen atoms in total. The lowest BCUT2D eigenvalue weighted by atomic mass is 10.1. The van der Waals surface area contributed by atoms with Gasteiger partial charge >= 0.3 is 0 Å². The van der Waals surface area contributed by atoms with Crippen LogP contribution in [0.1, 0.15) is 11.3 Å². The van der Waals surface area contributed by atoms with Crippen LogP contribution in [0.2, 0.25) is 0 Å². The zero-order chi connectivity index (χ0) is 22.3. The summed E-state index contributed by atoms with van der Waals surface area (Å²) in [6.07, 6.45) is 3.60. The van der Waals surface area contributed by atoms with Crippen LogP contribution in [0.15, 0.2) is 77.2 Å². The Kier molecular flexibility index (Phi) is 4.97. The van der Waals surface area contributed by atoms with Crippen molar-refractivity contribution in [2.75, 3.05) is 12.4 Å². The maximum Gasteiger partial charge on any atom is 0.230 e. The van der Waals surface area contributed by atoms with Gasteiger partial charge in [-0.05, 0) is 29.8 Å². The van der Waals surface area contributed by atoms with Gasteiger partial charge in [-0.25, -0.2) is 4.98 Å². The van der Waals surface area contributed by atoms with Crippen LogP contribution in [0.3, 0.4) is 0 Å². The Morgan fingerprint density at radius 2 is 1.94 bits per heavy atom. The molecule has 1 aliphatic rings. The minimum Gasteiger partial charge on any atom is -0.497 e. The highest BCUT2D eigenvalue weighted by Crippen LogP contribution is 2.56. The summed E-state index contributed by atoms with van der Waals surface area (Å²) in [7, 11) is -1.35. The number of rotatable bonds is 5. The highest BCUT2D eigenvalue weighted by molar-refractivity contribution is 8.27. The number of benzene rings is 2. The van der Waals surface area contributed by atoms with Gasteiger partial charge in [0.05, 0.1) is 29.8 Å². The largest absolute Gasteiger partial charge is 0.497 e. The predicted octanol–water partition coefficient (Wildman–Crippen LogP) is 5.28. The van der Waals surface area contributed by atoms with E-state index in [4.69, 9.17) is 9.72 Å². The Hall–Kier alpha value is -3.59. The summed E-state index contributed by atoms with van der Waals surface area (Å²) >= 11 is 0. The summed E-state index contributed by atoms with van der Waals surface area (Å²) in [5, 5.41) is 4.26. The number of nitrogens with zero attached hydrogens (tertiary/aromatic N) is 2. The minimum atomic E-state index is -2.95. The van der Waals surface area contributed by atoms with E-state index in [1.807, 2.05) is 53.1 Å². The molecular weight excluding hydrogens is 426 g/mol. The SMILES string of the molecule is COc1ccn2c(CC(=O)Nc3ccc4c(c3)S(O)(O)C=C4)c(-c3ccccc3)nc2c1. The molecule has 0 aliphatic carbocycles. The Morgan fingerprint density at radius 1 is 1.12 bits per heavy atom. The average molecular weight is 448 g/mol. The maximum atomic E-state index is 13.0. The first kappa shape index (κ1) is 20.3. The zero-order valence-electron chi connectivity index (χ0n) is 17.2. The van der Waals surface area contributed by atoms with Gasteiger partial charge in [0.1, 0.15) is 11.4 Å². The Labute approximate surface area is 186 Å². The van der Waals surface area contributed by atoms with Crippen LogP contribution in [-0.4, -0.2) is 31.5 Å². The number of nitrogens with one attached hydrogen (secondary N) is 1. The zero-order valence-corrected chi connectivity index (χ0v) is 18.0. The summed E-state index contributed by atoms with van der Waals surface area (Å²) in [5.41, 5.74) is 4.32. The Morgan fingerprint density at radius 3 is 2.72 bits per heavy atom. The van der Waals surface area contributed by atoms with Crippen LogP contribution < -0.4 is 10.1 Å². The van der Waals surface area contributed by atoms with Crippen molar-refractivity contribution in [2.45, 2.75) is 11.3 Å². The van der Waals surface area contributed by atoms with Crippen molar-refractivity contribution in [3.63, 3.8) is 0 Å². The van der Waals surface area contributed by atoms with Gasteiger partial charge in [-0.3, -0.25) is 13.9 Å². The number of hydrogen-bond acceptors (Lipinski definition) is 5. The van der Waals surface area contributed by atoms with Crippen LogP contribution in [-0.2, 0) is 11.2 Å². The summed E-state index contributed by atoms with van der Waals surface area (Å²) < 4.78 is 27.5. The molecule has 2 aromatic heterocycles. The molecule has 0 saturated carbocycles. The smallest absolute Gasteiger partial charge is 0.230 e. The molecule has 162 valence electrons. The quantitative estimate of drug-likeness (QED) is 0.387. The molecule has 0 bridgehead atoms. The predicted molar refractivity (Wildman–Crippen MR) is 126 cm³/mol. The van der Waals surface area contributed by atoms with Crippen LogP contribution >= 0.6 is 10.6 Å². The number of amides is 1.